The van der Waals surface area contributed by atoms with Gasteiger partial charge in [-0.25, -0.2) is 29.1 Å². The Hall–Kier alpha value is -6.77. The fourth-order valence-corrected chi connectivity index (χ4v) is 7.10. The summed E-state index contributed by atoms with van der Waals surface area (Å²) in [5.41, 5.74) is 7.61. The van der Waals surface area contributed by atoms with E-state index in [1.807, 2.05) is 41.8 Å². The molecular weight excluding hydrogens is 901 g/mol. The van der Waals surface area contributed by atoms with E-state index in [2.05, 4.69) is 37.5 Å². The number of aromatic nitrogens is 6. The van der Waals surface area contributed by atoms with Crippen molar-refractivity contribution >= 4 is 53.7 Å². The first-order chi connectivity index (χ1) is 32.7. The molecule has 0 unspecified atom stereocenters. The summed E-state index contributed by atoms with van der Waals surface area (Å²) in [6, 6.07) is 6.97. The summed E-state index contributed by atoms with van der Waals surface area (Å²) < 4.78 is 20.1. The van der Waals surface area contributed by atoms with Crippen LogP contribution in [0.4, 0.5) is 37.9 Å². The summed E-state index contributed by atoms with van der Waals surface area (Å²) in [6.07, 6.45) is 6.09. The minimum absolute atomic E-state index is 0.0193. The molecule has 70 heavy (non-hydrogen) atoms. The number of fused-ring (bicyclic) bond motifs is 2. The molecule has 0 atom stereocenters. The highest BCUT2D eigenvalue weighted by Crippen LogP contribution is 2.31. The zero-order chi connectivity index (χ0) is 52.1. The van der Waals surface area contributed by atoms with Crippen molar-refractivity contribution in [2.75, 3.05) is 47.0 Å². The second-order valence-electron chi connectivity index (χ2n) is 19.9. The quantitative estimate of drug-likeness (QED) is 0.0824. The van der Waals surface area contributed by atoms with E-state index >= 15 is 0 Å². The van der Waals surface area contributed by atoms with E-state index in [1.165, 1.54) is 4.90 Å². The van der Waals surface area contributed by atoms with Crippen molar-refractivity contribution in [3.63, 3.8) is 0 Å². The fraction of sp³-hybridized carbons (Fsp3) is 0.571. The Morgan fingerprint density at radius 2 is 1.33 bits per heavy atom. The number of aromatic carboxylic acids is 1. The van der Waals surface area contributed by atoms with Crippen LogP contribution in [0.2, 0.25) is 0 Å². The lowest BCUT2D eigenvalue weighted by Gasteiger charge is -2.31. The second kappa shape index (κ2) is 24.2. The molecule has 6 rings (SSSR count). The van der Waals surface area contributed by atoms with Crippen LogP contribution in [-0.2, 0) is 54.2 Å². The molecule has 0 spiro atoms. The molecule has 21 nitrogen and oxygen atoms in total. The van der Waals surface area contributed by atoms with Crippen molar-refractivity contribution in [2.45, 2.75) is 145 Å². The van der Waals surface area contributed by atoms with Crippen LogP contribution in [0.1, 0.15) is 145 Å². The molecule has 4 aromatic heterocycles. The van der Waals surface area contributed by atoms with Crippen LogP contribution >= 0.6 is 0 Å². The lowest BCUT2D eigenvalue weighted by Crippen LogP contribution is -2.45. The smallest absolute Gasteiger partial charge is 0.427 e. The lowest BCUT2D eigenvalue weighted by molar-refractivity contribution is 0.0425. The maximum atomic E-state index is 13.3. The molecule has 21 heteroatoms. The van der Waals surface area contributed by atoms with Gasteiger partial charge < -0.3 is 49.7 Å². The Morgan fingerprint density at radius 1 is 0.757 bits per heavy atom. The number of carboxylic acids is 1. The highest BCUT2D eigenvalue weighted by molar-refractivity contribution is 6.08. The molecule has 0 aliphatic carbocycles. The van der Waals surface area contributed by atoms with E-state index in [4.69, 9.17) is 25.1 Å². The number of rotatable bonds is 11. The van der Waals surface area contributed by atoms with Gasteiger partial charge in [0.15, 0.2) is 0 Å². The molecule has 4 aromatic rings. The maximum Gasteiger partial charge on any atom is 0.427 e. The number of unbranched alkanes of at least 4 members (excludes halogenated alkanes) is 2. The Kier molecular flexibility index (Phi) is 19.3. The average Bonchev–Trinajstić information content (AvgIpc) is 3.89. The summed E-state index contributed by atoms with van der Waals surface area (Å²) in [4.78, 5) is 84.5. The maximum absolute atomic E-state index is 13.3. The first-order valence-corrected chi connectivity index (χ1v) is 23.7. The van der Waals surface area contributed by atoms with Gasteiger partial charge in [0.2, 0.25) is 11.9 Å². The number of hydrogen-bond acceptors (Lipinski definition) is 15. The van der Waals surface area contributed by atoms with Gasteiger partial charge in [0.1, 0.15) is 39.8 Å². The fourth-order valence-electron chi connectivity index (χ4n) is 7.10. The first-order valence-electron chi connectivity index (χ1n) is 23.7. The van der Waals surface area contributed by atoms with Gasteiger partial charge in [-0.2, -0.15) is 9.97 Å². The van der Waals surface area contributed by atoms with Crippen LogP contribution in [-0.4, -0.2) is 112 Å². The van der Waals surface area contributed by atoms with Crippen LogP contribution in [0, 0.1) is 0 Å². The molecule has 2 aliphatic rings. The molecule has 5 N–H and O–H groups in total. The average molecular weight is 975 g/mol. The van der Waals surface area contributed by atoms with Crippen molar-refractivity contribution in [2.24, 2.45) is 14.1 Å². The van der Waals surface area contributed by atoms with Crippen LogP contribution in [0.5, 0.6) is 0 Å². The third-order valence-corrected chi connectivity index (χ3v) is 10.4. The molecule has 0 bridgehead atoms. The number of nitrogens with one attached hydrogen (secondary N) is 2. The largest absolute Gasteiger partial charge is 0.477 e. The monoisotopic (exact) mass is 975 g/mol. The number of hydrogen-bond donors (Lipinski definition) is 4. The van der Waals surface area contributed by atoms with Gasteiger partial charge in [0.25, 0.3) is 5.91 Å². The molecular formula is C49H74N12O9. The number of amides is 4. The second-order valence-corrected chi connectivity index (χ2v) is 19.9. The standard InChI is InChI=1S/C26H43N5O6.C17H24N6O.C6H7NO2/c1-11-12-15-30(21(32)35-24(2,3)4)19-17-13-14-27-16-18(17)28-20(29-19)31(22(33)36-25(5,6)7)23(34)37-26(8,9)10;1-3-4-8-19-15-12-7-10-23(11-13(12)20-17(18)21-15)16(24)14-6-5-9-22(14)2;1-7-4-2-3-5(7)6(8)9/h27H,11-16H2,1-10H3;5-6,9H,3-4,7-8,10-11H2,1-2H3,(H3,18,19,20,21);2-4H,1H3,(H,8,9). The van der Waals surface area contributed by atoms with Crippen molar-refractivity contribution in [1.82, 2.24) is 39.3 Å². The Labute approximate surface area is 411 Å². The van der Waals surface area contributed by atoms with Crippen molar-refractivity contribution < 1.29 is 43.3 Å². The summed E-state index contributed by atoms with van der Waals surface area (Å²) in [5.74, 6) is 0.276. The predicted molar refractivity (Wildman–Crippen MR) is 267 cm³/mol. The van der Waals surface area contributed by atoms with Crippen LogP contribution in [0.15, 0.2) is 36.7 Å². The molecule has 2 aliphatic heterocycles. The Bertz CT molecular complexity index is 2420. The molecule has 6 heterocycles. The number of nitrogens with zero attached hydrogens (tertiary/aromatic N) is 9. The van der Waals surface area contributed by atoms with Crippen molar-refractivity contribution in [3.8, 4) is 0 Å². The molecule has 0 radical (unpaired) electrons. The van der Waals surface area contributed by atoms with E-state index in [0.29, 0.717) is 73.4 Å². The molecule has 384 valence electrons. The summed E-state index contributed by atoms with van der Waals surface area (Å²) in [7, 11) is 3.57. The third-order valence-electron chi connectivity index (χ3n) is 10.4. The molecule has 0 aromatic carbocycles. The van der Waals surface area contributed by atoms with E-state index in [0.717, 1.165) is 54.9 Å². The van der Waals surface area contributed by atoms with Gasteiger partial charge in [0, 0.05) is 63.8 Å². The van der Waals surface area contributed by atoms with E-state index < -0.39 is 41.1 Å². The zero-order valence-electron chi connectivity index (χ0n) is 43.3. The molecule has 0 saturated heterocycles. The first kappa shape index (κ1) is 55.8. The number of aryl methyl sites for hydroxylation is 2. The van der Waals surface area contributed by atoms with E-state index in [9.17, 15) is 24.0 Å². The number of nitrogens with two attached hydrogens (primary N) is 1. The Morgan fingerprint density at radius 3 is 1.84 bits per heavy atom. The van der Waals surface area contributed by atoms with Gasteiger partial charge in [-0.3, -0.25) is 9.69 Å². The topological polar surface area (TPSA) is 254 Å². The number of carboxylic acid groups (broad SMARTS) is 1. The summed E-state index contributed by atoms with van der Waals surface area (Å²) >= 11 is 0. The number of imide groups is 1. The highest BCUT2D eigenvalue weighted by atomic mass is 16.6. The number of carbonyl (C=O) groups is 5. The van der Waals surface area contributed by atoms with Gasteiger partial charge >= 0.3 is 24.2 Å². The van der Waals surface area contributed by atoms with Crippen LogP contribution < -0.4 is 26.2 Å². The minimum Gasteiger partial charge on any atom is -0.477 e. The number of anilines is 4. The van der Waals surface area contributed by atoms with Crippen molar-refractivity contribution in [3.05, 3.63) is 70.6 Å². The summed E-state index contributed by atoms with van der Waals surface area (Å²) in [5, 5.41) is 15.0. The molecule has 4 amide bonds. The highest BCUT2D eigenvalue weighted by Gasteiger charge is 2.38. The van der Waals surface area contributed by atoms with Crippen molar-refractivity contribution in [1.29, 1.82) is 0 Å². The van der Waals surface area contributed by atoms with Gasteiger partial charge in [-0.1, -0.05) is 26.7 Å². The van der Waals surface area contributed by atoms with Crippen LogP contribution in [0.3, 0.4) is 0 Å². The normalized spacial score (nSPS) is 13.2. The summed E-state index contributed by atoms with van der Waals surface area (Å²) in [6.45, 7) is 23.1. The number of nitrogen functional groups attached to an aromatic ring is 1. The Balaban J connectivity index is 0.000000272. The minimum atomic E-state index is -0.978. The van der Waals surface area contributed by atoms with Crippen LogP contribution in [0.25, 0.3) is 0 Å². The lowest BCUT2D eigenvalue weighted by atomic mass is 10.0. The third kappa shape index (κ3) is 16.2. The zero-order valence-corrected chi connectivity index (χ0v) is 43.3. The number of ether oxygens (including phenoxy) is 3. The predicted octanol–water partition coefficient (Wildman–Crippen LogP) is 7.87. The molecule has 0 saturated carbocycles. The van der Waals surface area contributed by atoms with Gasteiger partial charge in [-0.15, -0.1) is 4.90 Å². The SMILES string of the molecule is CCCCN(C(=O)OC(C)(C)C)c1nc(N(C(=O)OC(C)(C)C)C(=O)OC(C)(C)C)nc2c1CCNC2.CCCCNc1nc(N)nc2c1CCN(C(=O)c1cccn1C)C2.Cn1cccc1C(=O)O. The van der Waals surface area contributed by atoms with Gasteiger partial charge in [-0.05, 0) is 119 Å². The molecule has 0 fully saturated rings. The van der Waals surface area contributed by atoms with E-state index in [1.54, 1.807) is 92.3 Å². The number of carbonyl (C=O) groups excluding carboxylic acids is 4. The van der Waals surface area contributed by atoms with E-state index in [-0.39, 0.29) is 17.8 Å². The van der Waals surface area contributed by atoms with Gasteiger partial charge in [0.05, 0.1) is 17.9 Å².